The number of nitrogens with zero attached hydrogens (tertiary/aromatic N) is 1. The van der Waals surface area contributed by atoms with Crippen LogP contribution in [0.3, 0.4) is 0 Å². The summed E-state index contributed by atoms with van der Waals surface area (Å²) in [5.74, 6) is -0.147. The Morgan fingerprint density at radius 3 is 2.43 bits per heavy atom. The zero-order valence-electron chi connectivity index (χ0n) is 11.4. The summed E-state index contributed by atoms with van der Waals surface area (Å²) in [6, 6.07) is 14.6. The number of hydrogen-bond donors (Lipinski definition) is 1. The first-order valence-electron chi connectivity index (χ1n) is 6.60. The summed E-state index contributed by atoms with van der Waals surface area (Å²) in [5.41, 5.74) is 7.09. The van der Waals surface area contributed by atoms with Crippen LogP contribution in [0.25, 0.3) is 0 Å². The van der Waals surface area contributed by atoms with E-state index in [0.29, 0.717) is 35.2 Å². The molecule has 5 heteroatoms. The van der Waals surface area contributed by atoms with E-state index < -0.39 is 0 Å². The summed E-state index contributed by atoms with van der Waals surface area (Å²) in [5, 5.41) is 0.854. The first-order valence-corrected chi connectivity index (χ1v) is 7.35. The molecule has 0 aromatic heterocycles. The van der Waals surface area contributed by atoms with Crippen LogP contribution in [-0.2, 0) is 6.54 Å². The van der Waals surface area contributed by atoms with Crippen molar-refractivity contribution in [2.45, 2.75) is 6.54 Å². The molecule has 0 atom stereocenters. The molecule has 0 fully saturated rings. The lowest BCUT2D eigenvalue weighted by Crippen LogP contribution is -2.35. The summed E-state index contributed by atoms with van der Waals surface area (Å²) in [7, 11) is 0. The van der Waals surface area contributed by atoms with E-state index in [1.807, 2.05) is 30.3 Å². The molecule has 0 unspecified atom stereocenters. The van der Waals surface area contributed by atoms with Crippen LogP contribution in [0.1, 0.15) is 15.9 Å². The zero-order valence-corrected chi connectivity index (χ0v) is 12.9. The van der Waals surface area contributed by atoms with Crippen molar-refractivity contribution in [2.75, 3.05) is 13.1 Å². The van der Waals surface area contributed by atoms with Crippen molar-refractivity contribution < 1.29 is 4.79 Å². The van der Waals surface area contributed by atoms with Gasteiger partial charge in [-0.3, -0.25) is 4.79 Å². The van der Waals surface area contributed by atoms with Gasteiger partial charge in [0.15, 0.2) is 0 Å². The van der Waals surface area contributed by atoms with Crippen LogP contribution in [0.15, 0.2) is 48.5 Å². The zero-order chi connectivity index (χ0) is 15.2. The van der Waals surface area contributed by atoms with E-state index in [0.717, 1.165) is 5.56 Å². The van der Waals surface area contributed by atoms with Gasteiger partial charge in [0.05, 0.1) is 10.6 Å². The second-order valence-electron chi connectivity index (χ2n) is 4.63. The van der Waals surface area contributed by atoms with E-state index in [4.69, 9.17) is 28.9 Å². The molecule has 0 saturated heterocycles. The van der Waals surface area contributed by atoms with Gasteiger partial charge in [-0.25, -0.2) is 0 Å². The highest BCUT2D eigenvalue weighted by atomic mass is 35.5. The topological polar surface area (TPSA) is 46.3 Å². The van der Waals surface area contributed by atoms with Gasteiger partial charge in [0.1, 0.15) is 0 Å². The first-order chi connectivity index (χ1) is 10.1. The lowest BCUT2D eigenvalue weighted by atomic mass is 10.1. The summed E-state index contributed by atoms with van der Waals surface area (Å²) < 4.78 is 0. The Bertz CT molecular complexity index is 617. The van der Waals surface area contributed by atoms with E-state index in [1.54, 1.807) is 23.1 Å². The Morgan fingerprint density at radius 2 is 1.81 bits per heavy atom. The average Bonchev–Trinajstić information content (AvgIpc) is 2.47. The maximum absolute atomic E-state index is 12.6. The Balaban J connectivity index is 2.23. The normalized spacial score (nSPS) is 10.4. The van der Waals surface area contributed by atoms with Gasteiger partial charge in [-0.2, -0.15) is 0 Å². The smallest absolute Gasteiger partial charge is 0.255 e. The molecule has 0 aliphatic heterocycles. The van der Waals surface area contributed by atoms with Crippen LogP contribution < -0.4 is 5.73 Å². The highest BCUT2D eigenvalue weighted by Gasteiger charge is 2.18. The second-order valence-corrected chi connectivity index (χ2v) is 5.47. The second kappa shape index (κ2) is 7.46. The quantitative estimate of drug-likeness (QED) is 0.914. The molecule has 0 bridgehead atoms. The van der Waals surface area contributed by atoms with E-state index in [1.165, 1.54) is 0 Å². The molecule has 0 spiro atoms. The van der Waals surface area contributed by atoms with Crippen molar-refractivity contribution in [1.29, 1.82) is 0 Å². The first kappa shape index (κ1) is 15.8. The molecule has 3 nitrogen and oxygen atoms in total. The Kier molecular flexibility index (Phi) is 5.62. The van der Waals surface area contributed by atoms with Gasteiger partial charge in [-0.05, 0) is 23.8 Å². The predicted octanol–water partition coefficient (Wildman–Crippen LogP) is 3.59. The number of carbonyl (C=O) groups is 1. The molecule has 2 N–H and O–H groups in total. The fourth-order valence-corrected chi connectivity index (χ4v) is 2.53. The van der Waals surface area contributed by atoms with Crippen molar-refractivity contribution in [3.05, 3.63) is 69.7 Å². The number of carbonyl (C=O) groups excluding carboxylic acids is 1. The summed E-state index contributed by atoms with van der Waals surface area (Å²) >= 11 is 12.0. The Morgan fingerprint density at radius 1 is 1.10 bits per heavy atom. The van der Waals surface area contributed by atoms with E-state index in [2.05, 4.69) is 0 Å². The molecule has 0 saturated carbocycles. The lowest BCUT2D eigenvalue weighted by Gasteiger charge is -2.22. The standard InChI is InChI=1S/C16H16Cl2N2O/c17-13-6-7-14(15(18)10-13)16(21)20(9-8-19)11-12-4-2-1-3-5-12/h1-7,10H,8-9,11,19H2. The minimum absolute atomic E-state index is 0.147. The van der Waals surface area contributed by atoms with Crippen LogP contribution in [0.2, 0.25) is 10.0 Å². The lowest BCUT2D eigenvalue weighted by molar-refractivity contribution is 0.0748. The van der Waals surface area contributed by atoms with Gasteiger partial charge in [0.25, 0.3) is 5.91 Å². The van der Waals surface area contributed by atoms with Gasteiger partial charge in [0.2, 0.25) is 0 Å². The Hall–Kier alpha value is -1.55. The maximum atomic E-state index is 12.6. The summed E-state index contributed by atoms with van der Waals surface area (Å²) in [6.45, 7) is 1.35. The molecule has 2 rings (SSSR count). The van der Waals surface area contributed by atoms with Crippen LogP contribution >= 0.6 is 23.2 Å². The van der Waals surface area contributed by atoms with Crippen LogP contribution in [0.5, 0.6) is 0 Å². The van der Waals surface area contributed by atoms with E-state index in [-0.39, 0.29) is 5.91 Å². The number of halogens is 2. The molecule has 110 valence electrons. The number of amides is 1. The molecular weight excluding hydrogens is 307 g/mol. The Labute approximate surface area is 134 Å². The van der Waals surface area contributed by atoms with Crippen molar-refractivity contribution >= 4 is 29.1 Å². The SMILES string of the molecule is NCCN(Cc1ccccc1)C(=O)c1ccc(Cl)cc1Cl. The molecular formula is C16H16Cl2N2O. The third-order valence-corrected chi connectivity index (χ3v) is 3.61. The highest BCUT2D eigenvalue weighted by molar-refractivity contribution is 6.36. The molecule has 0 aliphatic rings. The number of nitrogens with two attached hydrogens (primary N) is 1. The molecule has 0 aliphatic carbocycles. The molecule has 1 amide bonds. The van der Waals surface area contributed by atoms with Crippen molar-refractivity contribution in [3.8, 4) is 0 Å². The largest absolute Gasteiger partial charge is 0.333 e. The van der Waals surface area contributed by atoms with Crippen LogP contribution in [-0.4, -0.2) is 23.9 Å². The average molecular weight is 323 g/mol. The van der Waals surface area contributed by atoms with Gasteiger partial charge in [-0.1, -0.05) is 53.5 Å². The minimum atomic E-state index is -0.147. The van der Waals surface area contributed by atoms with Crippen LogP contribution in [0, 0.1) is 0 Å². The minimum Gasteiger partial charge on any atom is -0.333 e. The number of hydrogen-bond acceptors (Lipinski definition) is 2. The summed E-state index contributed by atoms with van der Waals surface area (Å²) in [6.07, 6.45) is 0. The van der Waals surface area contributed by atoms with Crippen LogP contribution in [0.4, 0.5) is 0 Å². The molecule has 2 aromatic rings. The number of rotatable bonds is 5. The van der Waals surface area contributed by atoms with Crippen molar-refractivity contribution in [2.24, 2.45) is 5.73 Å². The fraction of sp³-hybridized carbons (Fsp3) is 0.188. The third-order valence-electron chi connectivity index (χ3n) is 3.06. The maximum Gasteiger partial charge on any atom is 0.255 e. The molecule has 2 aromatic carbocycles. The van der Waals surface area contributed by atoms with Crippen molar-refractivity contribution in [1.82, 2.24) is 4.90 Å². The number of benzene rings is 2. The van der Waals surface area contributed by atoms with E-state index >= 15 is 0 Å². The fourth-order valence-electron chi connectivity index (χ4n) is 2.05. The van der Waals surface area contributed by atoms with Gasteiger partial charge < -0.3 is 10.6 Å². The highest BCUT2D eigenvalue weighted by Crippen LogP contribution is 2.22. The third kappa shape index (κ3) is 4.21. The van der Waals surface area contributed by atoms with Crippen molar-refractivity contribution in [3.63, 3.8) is 0 Å². The van der Waals surface area contributed by atoms with Gasteiger partial charge in [0, 0.05) is 24.7 Å². The molecule has 0 heterocycles. The molecule has 21 heavy (non-hydrogen) atoms. The monoisotopic (exact) mass is 322 g/mol. The van der Waals surface area contributed by atoms with Gasteiger partial charge in [-0.15, -0.1) is 0 Å². The molecule has 0 radical (unpaired) electrons. The summed E-state index contributed by atoms with van der Waals surface area (Å²) in [4.78, 5) is 14.3. The predicted molar refractivity (Wildman–Crippen MR) is 86.7 cm³/mol. The van der Waals surface area contributed by atoms with E-state index in [9.17, 15) is 4.79 Å². The van der Waals surface area contributed by atoms with Gasteiger partial charge >= 0.3 is 0 Å².